The van der Waals surface area contributed by atoms with Crippen LogP contribution < -0.4 is 10.0 Å². The molecule has 158 valence electrons. The number of halogens is 1. The molecule has 1 fully saturated rings. The number of piperidine rings is 1. The summed E-state index contributed by atoms with van der Waals surface area (Å²) in [7, 11) is -3.75. The molecular weight excluding hydrogens is 405 g/mol. The van der Waals surface area contributed by atoms with Gasteiger partial charge in [0.2, 0.25) is 10.0 Å². The van der Waals surface area contributed by atoms with E-state index in [9.17, 15) is 17.6 Å². The summed E-state index contributed by atoms with van der Waals surface area (Å²) in [6.07, 6.45) is 6.67. The first kappa shape index (κ1) is 22.0. The Hall–Kier alpha value is -2.73. The number of nitrogens with one attached hydrogen (secondary N) is 2. The standard InChI is InChI=1S/C22H24FN3O3S/c1-2-12-24-30(28,29)21-5-3-4-18(15-21)22(27)25-20-10-13-26(14-11-20)16-17-6-8-19(23)9-7-17/h1,3-9,15,20,24H,10-14,16H2,(H,25,27). The molecule has 1 aliphatic rings. The first-order chi connectivity index (χ1) is 14.4. The summed E-state index contributed by atoms with van der Waals surface area (Å²) in [5, 5.41) is 2.99. The van der Waals surface area contributed by atoms with Crippen molar-refractivity contribution in [1.82, 2.24) is 14.9 Å². The van der Waals surface area contributed by atoms with Crippen molar-refractivity contribution in [2.24, 2.45) is 0 Å². The van der Waals surface area contributed by atoms with Gasteiger partial charge in [0.15, 0.2) is 0 Å². The normalized spacial score (nSPS) is 15.5. The van der Waals surface area contributed by atoms with E-state index in [1.54, 1.807) is 18.2 Å². The molecule has 0 saturated carbocycles. The highest BCUT2D eigenvalue weighted by atomic mass is 32.2. The van der Waals surface area contributed by atoms with Gasteiger partial charge in [0.25, 0.3) is 5.91 Å². The number of carbonyl (C=O) groups is 1. The number of terminal acetylenes is 1. The maximum atomic E-state index is 13.0. The van der Waals surface area contributed by atoms with E-state index in [0.717, 1.165) is 38.0 Å². The highest BCUT2D eigenvalue weighted by Gasteiger charge is 2.22. The molecule has 0 atom stereocenters. The molecule has 3 rings (SSSR count). The molecule has 1 heterocycles. The Balaban J connectivity index is 1.54. The van der Waals surface area contributed by atoms with Crippen molar-refractivity contribution in [2.75, 3.05) is 19.6 Å². The number of benzene rings is 2. The summed E-state index contributed by atoms with van der Waals surface area (Å²) in [6, 6.07) is 12.4. The lowest BCUT2D eigenvalue weighted by molar-refractivity contribution is 0.0908. The largest absolute Gasteiger partial charge is 0.349 e. The highest BCUT2D eigenvalue weighted by molar-refractivity contribution is 7.89. The fraction of sp³-hybridized carbons (Fsp3) is 0.318. The van der Waals surface area contributed by atoms with Crippen LogP contribution in [0.5, 0.6) is 0 Å². The van der Waals surface area contributed by atoms with Gasteiger partial charge in [-0.05, 0) is 48.7 Å². The van der Waals surface area contributed by atoms with Crippen molar-refractivity contribution in [1.29, 1.82) is 0 Å². The van der Waals surface area contributed by atoms with Crippen LogP contribution in [-0.4, -0.2) is 44.9 Å². The molecule has 0 unspecified atom stereocenters. The molecule has 8 heteroatoms. The van der Waals surface area contributed by atoms with Gasteiger partial charge in [0, 0.05) is 31.2 Å². The first-order valence-corrected chi connectivity index (χ1v) is 11.2. The third-order valence-electron chi connectivity index (χ3n) is 5.01. The van der Waals surface area contributed by atoms with Crippen LogP contribution in [-0.2, 0) is 16.6 Å². The number of rotatable bonds is 7. The van der Waals surface area contributed by atoms with Gasteiger partial charge < -0.3 is 5.32 Å². The molecule has 2 N–H and O–H groups in total. The smallest absolute Gasteiger partial charge is 0.251 e. The summed E-state index contributed by atoms with van der Waals surface area (Å²) >= 11 is 0. The van der Waals surface area contributed by atoms with Crippen LogP contribution in [0.15, 0.2) is 53.4 Å². The van der Waals surface area contributed by atoms with E-state index in [4.69, 9.17) is 6.42 Å². The molecule has 0 aliphatic carbocycles. The Morgan fingerprint density at radius 2 is 1.87 bits per heavy atom. The molecular formula is C22H24FN3O3S. The molecule has 0 radical (unpaired) electrons. The van der Waals surface area contributed by atoms with Gasteiger partial charge in [-0.25, -0.2) is 12.8 Å². The van der Waals surface area contributed by atoms with Crippen molar-refractivity contribution in [2.45, 2.75) is 30.3 Å². The summed E-state index contributed by atoms with van der Waals surface area (Å²) in [5.41, 5.74) is 1.34. The zero-order valence-corrected chi connectivity index (χ0v) is 17.3. The number of carbonyl (C=O) groups excluding carboxylic acids is 1. The van der Waals surface area contributed by atoms with Crippen molar-refractivity contribution in [3.8, 4) is 12.3 Å². The number of hydrogen-bond donors (Lipinski definition) is 2. The molecule has 30 heavy (non-hydrogen) atoms. The summed E-state index contributed by atoms with van der Waals surface area (Å²) < 4.78 is 39.7. The molecule has 0 bridgehead atoms. The lowest BCUT2D eigenvalue weighted by Gasteiger charge is -2.32. The fourth-order valence-corrected chi connectivity index (χ4v) is 4.36. The van der Waals surface area contributed by atoms with E-state index < -0.39 is 10.0 Å². The van der Waals surface area contributed by atoms with E-state index in [-0.39, 0.29) is 34.8 Å². The molecule has 2 aromatic carbocycles. The summed E-state index contributed by atoms with van der Waals surface area (Å²) in [5.74, 6) is 1.67. The monoisotopic (exact) mass is 429 g/mol. The molecule has 0 aromatic heterocycles. The van der Waals surface area contributed by atoms with Gasteiger partial charge in [-0.2, -0.15) is 4.72 Å². The molecule has 0 spiro atoms. The second kappa shape index (κ2) is 9.85. The molecule has 1 amide bonds. The molecule has 1 saturated heterocycles. The van der Waals surface area contributed by atoms with Gasteiger partial charge in [0.05, 0.1) is 11.4 Å². The molecule has 1 aliphatic heterocycles. The number of hydrogen-bond acceptors (Lipinski definition) is 4. The lowest BCUT2D eigenvalue weighted by atomic mass is 10.0. The van der Waals surface area contributed by atoms with E-state index in [1.165, 1.54) is 30.3 Å². The Morgan fingerprint density at radius 3 is 2.53 bits per heavy atom. The quantitative estimate of drug-likeness (QED) is 0.661. The van der Waals surface area contributed by atoms with Gasteiger partial charge in [0.1, 0.15) is 5.82 Å². The number of sulfonamides is 1. The Kier molecular flexibility index (Phi) is 7.21. The SMILES string of the molecule is C#CCNS(=O)(=O)c1cccc(C(=O)NC2CCN(Cc3ccc(F)cc3)CC2)c1. The summed E-state index contributed by atoms with van der Waals surface area (Å²) in [6.45, 7) is 2.25. The second-order valence-electron chi connectivity index (χ2n) is 7.21. The maximum Gasteiger partial charge on any atom is 0.251 e. The van der Waals surface area contributed by atoms with Gasteiger partial charge in [-0.3, -0.25) is 9.69 Å². The van der Waals surface area contributed by atoms with Crippen molar-refractivity contribution >= 4 is 15.9 Å². The third kappa shape index (κ3) is 5.89. The van der Waals surface area contributed by atoms with E-state index in [1.807, 2.05) is 0 Å². The van der Waals surface area contributed by atoms with Crippen LogP contribution in [0.3, 0.4) is 0 Å². The van der Waals surface area contributed by atoms with Crippen LogP contribution in [0.2, 0.25) is 0 Å². The average Bonchev–Trinajstić information content (AvgIpc) is 2.75. The number of likely N-dealkylation sites (tertiary alicyclic amines) is 1. The predicted molar refractivity (Wildman–Crippen MR) is 113 cm³/mol. The Morgan fingerprint density at radius 1 is 1.17 bits per heavy atom. The number of amides is 1. The van der Waals surface area contributed by atoms with Gasteiger partial charge in [-0.1, -0.05) is 24.1 Å². The minimum Gasteiger partial charge on any atom is -0.349 e. The minimum absolute atomic E-state index is 0.000447. The zero-order valence-electron chi connectivity index (χ0n) is 16.5. The van der Waals surface area contributed by atoms with Crippen LogP contribution in [0.4, 0.5) is 4.39 Å². The fourth-order valence-electron chi connectivity index (χ4n) is 3.38. The van der Waals surface area contributed by atoms with Crippen molar-refractivity contribution in [3.63, 3.8) is 0 Å². The van der Waals surface area contributed by atoms with E-state index in [0.29, 0.717) is 0 Å². The van der Waals surface area contributed by atoms with Crippen molar-refractivity contribution in [3.05, 3.63) is 65.5 Å². The maximum absolute atomic E-state index is 13.0. The highest BCUT2D eigenvalue weighted by Crippen LogP contribution is 2.16. The van der Waals surface area contributed by atoms with Crippen LogP contribution >= 0.6 is 0 Å². The van der Waals surface area contributed by atoms with Gasteiger partial charge >= 0.3 is 0 Å². The van der Waals surface area contributed by atoms with Crippen LogP contribution in [0, 0.1) is 18.2 Å². The average molecular weight is 430 g/mol. The van der Waals surface area contributed by atoms with E-state index in [2.05, 4.69) is 20.9 Å². The van der Waals surface area contributed by atoms with Gasteiger partial charge in [-0.15, -0.1) is 6.42 Å². The molecule has 6 nitrogen and oxygen atoms in total. The second-order valence-corrected chi connectivity index (χ2v) is 8.97. The van der Waals surface area contributed by atoms with E-state index >= 15 is 0 Å². The topological polar surface area (TPSA) is 78.5 Å². The summed E-state index contributed by atoms with van der Waals surface area (Å²) in [4.78, 5) is 14.9. The Labute approximate surface area is 176 Å². The Bertz CT molecular complexity index is 1020. The molecule has 2 aromatic rings. The first-order valence-electron chi connectivity index (χ1n) is 9.68. The third-order valence-corrected chi connectivity index (χ3v) is 6.41. The van der Waals surface area contributed by atoms with Crippen LogP contribution in [0.25, 0.3) is 0 Å². The van der Waals surface area contributed by atoms with Crippen molar-refractivity contribution < 1.29 is 17.6 Å². The zero-order chi connectivity index (χ0) is 21.6. The van der Waals surface area contributed by atoms with Crippen LogP contribution in [0.1, 0.15) is 28.8 Å². The predicted octanol–water partition coefficient (Wildman–Crippen LogP) is 2.13. The lowest BCUT2D eigenvalue weighted by Crippen LogP contribution is -2.44. The minimum atomic E-state index is -3.75. The number of nitrogens with zero attached hydrogens (tertiary/aromatic N) is 1.